The molecule has 1 heterocycles. The normalized spacial score (nSPS) is 23.9. The van der Waals surface area contributed by atoms with Crippen LogP contribution in [0.5, 0.6) is 0 Å². The molecule has 9 heteroatoms. The first kappa shape index (κ1) is 40.0. The SMILES string of the molecule is CCCCCCC/C=C\CCCCCCCC(=O)NC(COC1OC(CO)C(O)C(O)C1O)C(O)CCCCCCCC. The van der Waals surface area contributed by atoms with Gasteiger partial charge in [0.15, 0.2) is 6.29 Å². The Morgan fingerprint density at radius 1 is 0.767 bits per heavy atom. The maximum absolute atomic E-state index is 12.8. The van der Waals surface area contributed by atoms with E-state index >= 15 is 0 Å². The molecular weight excluding hydrogens is 550 g/mol. The third-order valence-electron chi connectivity index (χ3n) is 8.37. The van der Waals surface area contributed by atoms with Crippen LogP contribution in [0, 0.1) is 0 Å². The van der Waals surface area contributed by atoms with Crippen LogP contribution in [-0.4, -0.2) is 87.5 Å². The Labute approximate surface area is 261 Å². The first-order valence-corrected chi connectivity index (χ1v) is 17.4. The monoisotopic (exact) mass is 615 g/mol. The van der Waals surface area contributed by atoms with Crippen LogP contribution in [0.2, 0.25) is 0 Å². The van der Waals surface area contributed by atoms with E-state index in [1.165, 1.54) is 64.2 Å². The predicted molar refractivity (Wildman–Crippen MR) is 170 cm³/mol. The van der Waals surface area contributed by atoms with Crippen LogP contribution in [0.4, 0.5) is 0 Å². The van der Waals surface area contributed by atoms with E-state index in [1.807, 2.05) is 0 Å². The summed E-state index contributed by atoms with van der Waals surface area (Å²) in [6.45, 7) is 3.71. The second-order valence-corrected chi connectivity index (χ2v) is 12.3. The molecule has 0 radical (unpaired) electrons. The number of aliphatic hydroxyl groups excluding tert-OH is 5. The molecule has 7 atom stereocenters. The molecule has 0 aromatic heterocycles. The van der Waals surface area contributed by atoms with Crippen molar-refractivity contribution < 1.29 is 39.8 Å². The second-order valence-electron chi connectivity index (χ2n) is 12.3. The zero-order valence-corrected chi connectivity index (χ0v) is 27.2. The molecular formula is C34H65NO8. The van der Waals surface area contributed by atoms with Crippen molar-refractivity contribution in [1.29, 1.82) is 0 Å². The van der Waals surface area contributed by atoms with Crippen molar-refractivity contribution in [3.8, 4) is 0 Å². The topological polar surface area (TPSA) is 149 Å². The van der Waals surface area contributed by atoms with Gasteiger partial charge in [-0.05, 0) is 38.5 Å². The van der Waals surface area contributed by atoms with Crippen LogP contribution < -0.4 is 5.32 Å². The standard InChI is InChI=1S/C34H65NO8/c1-3-5-7-9-11-12-13-14-15-16-17-18-20-22-24-30(38)35-27(28(37)23-21-19-10-8-6-4-2)26-42-34-33(41)32(40)31(39)29(25-36)43-34/h13-14,27-29,31-34,36-37,39-41H,3-12,15-26H2,1-2H3,(H,35,38)/b14-13-. The van der Waals surface area contributed by atoms with E-state index in [2.05, 4.69) is 31.3 Å². The van der Waals surface area contributed by atoms with Crippen LogP contribution in [0.3, 0.4) is 0 Å². The minimum absolute atomic E-state index is 0.141. The summed E-state index contributed by atoms with van der Waals surface area (Å²) in [4.78, 5) is 12.8. The highest BCUT2D eigenvalue weighted by atomic mass is 16.7. The maximum Gasteiger partial charge on any atom is 0.220 e. The fourth-order valence-corrected chi connectivity index (χ4v) is 5.45. The highest BCUT2D eigenvalue weighted by molar-refractivity contribution is 5.76. The molecule has 1 rings (SSSR count). The Balaban J connectivity index is 2.41. The Morgan fingerprint density at radius 2 is 1.30 bits per heavy atom. The van der Waals surface area contributed by atoms with Crippen LogP contribution >= 0.6 is 0 Å². The number of carbonyl (C=O) groups is 1. The molecule has 1 aliphatic heterocycles. The van der Waals surface area contributed by atoms with Gasteiger partial charge in [-0.15, -0.1) is 0 Å². The minimum atomic E-state index is -1.55. The van der Waals surface area contributed by atoms with E-state index in [9.17, 15) is 30.3 Å². The van der Waals surface area contributed by atoms with Crippen molar-refractivity contribution in [1.82, 2.24) is 5.32 Å². The van der Waals surface area contributed by atoms with E-state index in [0.29, 0.717) is 12.8 Å². The van der Waals surface area contributed by atoms with Crippen LogP contribution in [-0.2, 0) is 14.3 Å². The molecule has 0 bridgehead atoms. The van der Waals surface area contributed by atoms with E-state index < -0.39 is 49.5 Å². The molecule has 0 saturated carbocycles. The summed E-state index contributed by atoms with van der Waals surface area (Å²) >= 11 is 0. The number of ether oxygens (including phenoxy) is 2. The van der Waals surface area contributed by atoms with Crippen molar-refractivity contribution in [3.05, 3.63) is 12.2 Å². The summed E-state index contributed by atoms with van der Waals surface area (Å²) in [5.74, 6) is -0.161. The van der Waals surface area contributed by atoms with Crippen molar-refractivity contribution in [2.24, 2.45) is 0 Å². The van der Waals surface area contributed by atoms with E-state index in [1.54, 1.807) is 0 Å². The molecule has 0 aromatic carbocycles. The number of carbonyl (C=O) groups excluding carboxylic acids is 1. The molecule has 1 aliphatic rings. The average Bonchev–Trinajstić information content (AvgIpc) is 3.00. The van der Waals surface area contributed by atoms with E-state index in [4.69, 9.17) is 9.47 Å². The number of unbranched alkanes of at least 4 members (excludes halogenated alkanes) is 15. The number of nitrogens with one attached hydrogen (secondary N) is 1. The number of rotatable bonds is 27. The first-order valence-electron chi connectivity index (χ1n) is 17.4. The number of hydrogen-bond donors (Lipinski definition) is 6. The molecule has 1 amide bonds. The van der Waals surface area contributed by atoms with Gasteiger partial charge in [-0.1, -0.05) is 109 Å². The summed E-state index contributed by atoms with van der Waals surface area (Å²) in [5.41, 5.74) is 0. The lowest BCUT2D eigenvalue weighted by atomic mass is 9.99. The maximum atomic E-state index is 12.8. The predicted octanol–water partition coefficient (Wildman–Crippen LogP) is 5.05. The Bertz CT molecular complexity index is 691. The molecule has 254 valence electrons. The third-order valence-corrected chi connectivity index (χ3v) is 8.37. The van der Waals surface area contributed by atoms with Crippen LogP contribution in [0.15, 0.2) is 12.2 Å². The summed E-state index contributed by atoms with van der Waals surface area (Å²) in [6.07, 6.45) is 18.2. The zero-order valence-electron chi connectivity index (χ0n) is 27.2. The second kappa shape index (κ2) is 26.2. The molecule has 1 saturated heterocycles. The van der Waals surface area contributed by atoms with Crippen molar-refractivity contribution in [2.45, 2.75) is 185 Å². The Kier molecular flexibility index (Phi) is 24.3. The molecule has 43 heavy (non-hydrogen) atoms. The molecule has 6 N–H and O–H groups in total. The van der Waals surface area contributed by atoms with Gasteiger partial charge in [-0.2, -0.15) is 0 Å². The van der Waals surface area contributed by atoms with Gasteiger partial charge in [-0.25, -0.2) is 0 Å². The first-order chi connectivity index (χ1) is 20.8. The quantitative estimate of drug-likeness (QED) is 0.0556. The van der Waals surface area contributed by atoms with Gasteiger partial charge in [0.2, 0.25) is 5.91 Å². The number of aliphatic hydroxyl groups is 5. The van der Waals surface area contributed by atoms with Gasteiger partial charge in [0.05, 0.1) is 25.4 Å². The summed E-state index contributed by atoms with van der Waals surface area (Å²) in [7, 11) is 0. The highest BCUT2D eigenvalue weighted by Crippen LogP contribution is 2.22. The van der Waals surface area contributed by atoms with E-state index in [-0.39, 0.29) is 12.5 Å². The molecule has 7 unspecified atom stereocenters. The zero-order chi connectivity index (χ0) is 31.7. The van der Waals surface area contributed by atoms with Crippen LogP contribution in [0.25, 0.3) is 0 Å². The van der Waals surface area contributed by atoms with Crippen molar-refractivity contribution >= 4 is 5.91 Å². The third kappa shape index (κ3) is 18.5. The number of amides is 1. The van der Waals surface area contributed by atoms with Gasteiger partial charge in [0, 0.05) is 6.42 Å². The average molecular weight is 616 g/mol. The number of allylic oxidation sites excluding steroid dienone is 2. The highest BCUT2D eigenvalue weighted by Gasteiger charge is 2.44. The Hall–Kier alpha value is -1.07. The van der Waals surface area contributed by atoms with Gasteiger partial charge in [0.1, 0.15) is 24.4 Å². The lowest BCUT2D eigenvalue weighted by Gasteiger charge is -2.40. The molecule has 0 aliphatic carbocycles. The Morgan fingerprint density at radius 3 is 1.88 bits per heavy atom. The molecule has 1 fully saturated rings. The van der Waals surface area contributed by atoms with E-state index in [0.717, 1.165) is 51.4 Å². The summed E-state index contributed by atoms with van der Waals surface area (Å²) in [5, 5.41) is 53.6. The van der Waals surface area contributed by atoms with Crippen molar-refractivity contribution in [3.63, 3.8) is 0 Å². The fourth-order valence-electron chi connectivity index (χ4n) is 5.45. The number of hydrogen-bond acceptors (Lipinski definition) is 8. The lowest BCUT2D eigenvalue weighted by molar-refractivity contribution is -0.302. The molecule has 0 spiro atoms. The lowest BCUT2D eigenvalue weighted by Crippen LogP contribution is -2.60. The summed E-state index contributed by atoms with van der Waals surface area (Å²) in [6, 6.07) is -0.714. The fraction of sp³-hybridized carbons (Fsp3) is 0.912. The largest absolute Gasteiger partial charge is 0.394 e. The molecule has 0 aromatic rings. The smallest absolute Gasteiger partial charge is 0.220 e. The van der Waals surface area contributed by atoms with Gasteiger partial charge in [0.25, 0.3) is 0 Å². The van der Waals surface area contributed by atoms with Crippen molar-refractivity contribution in [2.75, 3.05) is 13.2 Å². The van der Waals surface area contributed by atoms with Gasteiger partial charge in [-0.3, -0.25) is 4.79 Å². The van der Waals surface area contributed by atoms with Gasteiger partial charge >= 0.3 is 0 Å². The summed E-state index contributed by atoms with van der Waals surface area (Å²) < 4.78 is 11.1. The minimum Gasteiger partial charge on any atom is -0.394 e. The molecule has 9 nitrogen and oxygen atoms in total. The van der Waals surface area contributed by atoms with Gasteiger partial charge < -0.3 is 40.3 Å². The van der Waals surface area contributed by atoms with Crippen LogP contribution in [0.1, 0.15) is 142 Å².